The summed E-state index contributed by atoms with van der Waals surface area (Å²) < 4.78 is 1.52. The first kappa shape index (κ1) is 10.9. The molecule has 0 aromatic carbocycles. The van der Waals surface area contributed by atoms with E-state index < -0.39 is 0 Å². The minimum absolute atomic E-state index is 0.0120. The molecule has 0 radical (unpaired) electrons. The molecule has 2 aromatic rings. The van der Waals surface area contributed by atoms with Crippen LogP contribution in [-0.2, 0) is 5.41 Å². The largest absolute Gasteiger partial charge is 0.293 e. The minimum atomic E-state index is -0.0157. The van der Waals surface area contributed by atoms with Crippen LogP contribution >= 0.6 is 0 Å². The summed E-state index contributed by atoms with van der Waals surface area (Å²) in [5, 5.41) is 3.11. The van der Waals surface area contributed by atoms with E-state index in [1.165, 1.54) is 4.52 Å². The predicted octanol–water partition coefficient (Wildman–Crippen LogP) is 1.94. The molecular formula is C12H17N3O. The van der Waals surface area contributed by atoms with Crippen molar-refractivity contribution in [3.8, 4) is 0 Å². The first-order chi connectivity index (χ1) is 7.30. The van der Waals surface area contributed by atoms with Crippen molar-refractivity contribution in [1.82, 2.24) is 14.6 Å². The van der Waals surface area contributed by atoms with Crippen LogP contribution in [0.5, 0.6) is 0 Å². The molecule has 2 aromatic heterocycles. The maximum absolute atomic E-state index is 12.0. The minimum Gasteiger partial charge on any atom is -0.293 e. The topological polar surface area (TPSA) is 50.2 Å². The molecule has 4 heteroatoms. The quantitative estimate of drug-likeness (QED) is 0.736. The third-order valence-electron chi connectivity index (χ3n) is 2.89. The second-order valence-corrected chi connectivity index (χ2v) is 5.24. The summed E-state index contributed by atoms with van der Waals surface area (Å²) in [6.45, 7) is 9.96. The number of hydrogen-bond acceptors (Lipinski definition) is 2. The van der Waals surface area contributed by atoms with Gasteiger partial charge in [0.05, 0.1) is 0 Å². The van der Waals surface area contributed by atoms with Crippen LogP contribution in [0.15, 0.2) is 10.9 Å². The Bertz CT molecular complexity index is 599. The number of aryl methyl sites for hydroxylation is 1. The van der Waals surface area contributed by atoms with Gasteiger partial charge in [-0.15, -0.1) is 0 Å². The molecule has 0 amide bonds. The molecule has 0 saturated carbocycles. The molecule has 0 saturated heterocycles. The summed E-state index contributed by atoms with van der Waals surface area (Å²) in [6, 6.07) is 1.94. The number of hydrogen-bond donors (Lipinski definition) is 1. The smallest absolute Gasteiger partial charge is 0.275 e. The van der Waals surface area contributed by atoms with Crippen LogP contribution in [0.25, 0.3) is 5.65 Å². The van der Waals surface area contributed by atoms with Crippen molar-refractivity contribution in [3.05, 3.63) is 33.4 Å². The third-order valence-corrected chi connectivity index (χ3v) is 2.89. The Morgan fingerprint density at radius 1 is 1.31 bits per heavy atom. The Morgan fingerprint density at radius 3 is 2.50 bits per heavy atom. The SMILES string of the molecule is Cc1nc2cc(C(C)(C)C)[nH]n2c(=O)c1C. The van der Waals surface area contributed by atoms with E-state index in [2.05, 4.69) is 30.9 Å². The summed E-state index contributed by atoms with van der Waals surface area (Å²) in [5.74, 6) is 0. The average molecular weight is 219 g/mol. The molecule has 0 unspecified atom stereocenters. The summed E-state index contributed by atoms with van der Waals surface area (Å²) in [5.41, 5.74) is 3.17. The van der Waals surface area contributed by atoms with Crippen molar-refractivity contribution in [1.29, 1.82) is 0 Å². The number of nitrogens with one attached hydrogen (secondary N) is 1. The van der Waals surface area contributed by atoms with Gasteiger partial charge in [-0.1, -0.05) is 20.8 Å². The fourth-order valence-electron chi connectivity index (χ4n) is 1.60. The van der Waals surface area contributed by atoms with Gasteiger partial charge in [0.1, 0.15) is 0 Å². The van der Waals surface area contributed by atoms with Gasteiger partial charge in [-0.25, -0.2) is 9.50 Å². The number of H-pyrrole nitrogens is 1. The van der Waals surface area contributed by atoms with E-state index in [9.17, 15) is 4.79 Å². The van der Waals surface area contributed by atoms with E-state index >= 15 is 0 Å². The van der Waals surface area contributed by atoms with Crippen LogP contribution in [0.3, 0.4) is 0 Å². The number of fused-ring (bicyclic) bond motifs is 1. The molecule has 86 valence electrons. The zero-order valence-electron chi connectivity index (χ0n) is 10.4. The number of aromatic amines is 1. The van der Waals surface area contributed by atoms with Gasteiger partial charge in [-0.2, -0.15) is 0 Å². The molecule has 1 N–H and O–H groups in total. The zero-order valence-corrected chi connectivity index (χ0v) is 10.4. The van der Waals surface area contributed by atoms with E-state index in [0.29, 0.717) is 11.2 Å². The van der Waals surface area contributed by atoms with E-state index in [-0.39, 0.29) is 11.0 Å². The van der Waals surface area contributed by atoms with Gasteiger partial charge in [-0.05, 0) is 13.8 Å². The Kier molecular flexibility index (Phi) is 2.19. The summed E-state index contributed by atoms with van der Waals surface area (Å²) in [7, 11) is 0. The molecule has 2 heterocycles. The fourth-order valence-corrected chi connectivity index (χ4v) is 1.60. The lowest BCUT2D eigenvalue weighted by atomic mass is 9.93. The first-order valence-electron chi connectivity index (χ1n) is 5.40. The van der Waals surface area contributed by atoms with Crippen LogP contribution in [0.4, 0.5) is 0 Å². The Morgan fingerprint density at radius 2 is 1.94 bits per heavy atom. The lowest BCUT2D eigenvalue weighted by molar-refractivity contribution is 0.561. The fraction of sp³-hybridized carbons (Fsp3) is 0.500. The van der Waals surface area contributed by atoms with Crippen LogP contribution < -0.4 is 5.56 Å². The highest BCUT2D eigenvalue weighted by molar-refractivity contribution is 5.42. The molecule has 0 atom stereocenters. The van der Waals surface area contributed by atoms with Gasteiger partial charge in [0.25, 0.3) is 5.56 Å². The van der Waals surface area contributed by atoms with Crippen LogP contribution in [0, 0.1) is 13.8 Å². The molecule has 0 bridgehead atoms. The van der Waals surface area contributed by atoms with Crippen molar-refractivity contribution in [2.75, 3.05) is 0 Å². The van der Waals surface area contributed by atoms with Gasteiger partial charge in [0.15, 0.2) is 5.65 Å². The average Bonchev–Trinajstić information content (AvgIpc) is 2.57. The molecular weight excluding hydrogens is 202 g/mol. The third kappa shape index (κ3) is 1.54. The molecule has 16 heavy (non-hydrogen) atoms. The molecule has 0 aliphatic carbocycles. The van der Waals surface area contributed by atoms with Crippen molar-refractivity contribution in [3.63, 3.8) is 0 Å². The van der Waals surface area contributed by atoms with Gasteiger partial charge in [-0.3, -0.25) is 9.89 Å². The molecule has 2 rings (SSSR count). The monoisotopic (exact) mass is 219 g/mol. The van der Waals surface area contributed by atoms with Crippen LogP contribution in [0.1, 0.15) is 37.7 Å². The van der Waals surface area contributed by atoms with Gasteiger partial charge in [0.2, 0.25) is 0 Å². The normalized spacial score (nSPS) is 12.3. The lowest BCUT2D eigenvalue weighted by Crippen LogP contribution is -2.20. The van der Waals surface area contributed by atoms with Crippen molar-refractivity contribution < 1.29 is 0 Å². The highest BCUT2D eigenvalue weighted by atomic mass is 16.1. The first-order valence-corrected chi connectivity index (χ1v) is 5.40. The number of aromatic nitrogens is 3. The van der Waals surface area contributed by atoms with Gasteiger partial charge < -0.3 is 0 Å². The second-order valence-electron chi connectivity index (χ2n) is 5.24. The van der Waals surface area contributed by atoms with E-state index in [0.717, 1.165) is 11.4 Å². The van der Waals surface area contributed by atoms with Gasteiger partial charge >= 0.3 is 0 Å². The van der Waals surface area contributed by atoms with E-state index in [4.69, 9.17) is 0 Å². The van der Waals surface area contributed by atoms with Crippen molar-refractivity contribution in [2.24, 2.45) is 0 Å². The molecule has 0 aliphatic heterocycles. The van der Waals surface area contributed by atoms with Crippen molar-refractivity contribution in [2.45, 2.75) is 40.0 Å². The molecule has 0 fully saturated rings. The predicted molar refractivity (Wildman–Crippen MR) is 64.0 cm³/mol. The summed E-state index contributed by atoms with van der Waals surface area (Å²) in [6.07, 6.45) is 0. The van der Waals surface area contributed by atoms with Crippen molar-refractivity contribution >= 4 is 5.65 Å². The highest BCUT2D eigenvalue weighted by Gasteiger charge is 2.18. The molecule has 4 nitrogen and oxygen atoms in total. The van der Waals surface area contributed by atoms with Crippen LogP contribution in [-0.4, -0.2) is 14.6 Å². The van der Waals surface area contributed by atoms with E-state index in [1.807, 2.05) is 13.0 Å². The standard InChI is InChI=1S/C12H17N3O/c1-7-8(2)13-10-6-9(12(3,4)5)14-15(10)11(7)16/h6,14H,1-5H3. The number of nitrogens with zero attached hydrogens (tertiary/aromatic N) is 2. The Balaban J connectivity index is 2.82. The highest BCUT2D eigenvalue weighted by Crippen LogP contribution is 2.20. The Labute approximate surface area is 94.3 Å². The van der Waals surface area contributed by atoms with Gasteiger partial charge in [0, 0.05) is 28.4 Å². The van der Waals surface area contributed by atoms with E-state index in [1.54, 1.807) is 6.92 Å². The second kappa shape index (κ2) is 3.20. The number of rotatable bonds is 0. The van der Waals surface area contributed by atoms with Crippen LogP contribution in [0.2, 0.25) is 0 Å². The summed E-state index contributed by atoms with van der Waals surface area (Å²) in [4.78, 5) is 16.4. The summed E-state index contributed by atoms with van der Waals surface area (Å²) >= 11 is 0. The maximum atomic E-state index is 12.0. The molecule has 0 aliphatic rings. The Hall–Kier alpha value is -1.58. The zero-order chi connectivity index (χ0) is 12.1. The maximum Gasteiger partial charge on any atom is 0.275 e. The molecule has 0 spiro atoms. The lowest BCUT2D eigenvalue weighted by Gasteiger charge is -2.14.